The summed E-state index contributed by atoms with van der Waals surface area (Å²) in [6, 6.07) is 9.49. The number of amides is 1. The van der Waals surface area contributed by atoms with Crippen LogP contribution in [0.15, 0.2) is 46.1 Å². The van der Waals surface area contributed by atoms with Crippen LogP contribution in [0, 0.1) is 11.3 Å². The number of hydrogen-bond donors (Lipinski definition) is 1. The van der Waals surface area contributed by atoms with Crippen LogP contribution in [0.5, 0.6) is 11.5 Å². The van der Waals surface area contributed by atoms with Crippen molar-refractivity contribution in [3.8, 4) is 17.6 Å². The Bertz CT molecular complexity index is 791. The maximum Gasteiger partial charge on any atom is 0.379 e. The van der Waals surface area contributed by atoms with Crippen LogP contribution in [-0.2, 0) is 4.79 Å². The van der Waals surface area contributed by atoms with Crippen molar-refractivity contribution < 1.29 is 23.5 Å². The van der Waals surface area contributed by atoms with E-state index in [1.165, 1.54) is 31.7 Å². The number of benzene rings is 1. The minimum Gasteiger partial charge on any atom is -0.493 e. The predicted octanol–water partition coefficient (Wildman–Crippen LogP) is 1.87. The lowest BCUT2D eigenvalue weighted by atomic mass is 10.2. The third kappa shape index (κ3) is 4.45. The number of carbonyl (C=O) groups excluding carboxylic acids is 2. The normalized spacial score (nSPS) is 10.2. The Morgan fingerprint density at radius 3 is 2.88 bits per heavy atom. The number of esters is 1. The zero-order valence-electron chi connectivity index (χ0n) is 12.7. The first-order valence-corrected chi connectivity index (χ1v) is 6.76. The molecule has 0 aliphatic carbocycles. The van der Waals surface area contributed by atoms with Crippen molar-refractivity contribution in [2.45, 2.75) is 6.42 Å². The molecule has 1 heterocycles. The summed E-state index contributed by atoms with van der Waals surface area (Å²) in [4.78, 5) is 23.0. The van der Waals surface area contributed by atoms with Crippen LogP contribution in [0.3, 0.4) is 0 Å². The van der Waals surface area contributed by atoms with Crippen LogP contribution in [-0.4, -0.2) is 25.2 Å². The molecule has 1 aromatic heterocycles. The highest BCUT2D eigenvalue weighted by Crippen LogP contribution is 2.28. The molecule has 1 amide bonds. The van der Waals surface area contributed by atoms with Crippen molar-refractivity contribution in [2.24, 2.45) is 5.10 Å². The van der Waals surface area contributed by atoms with Gasteiger partial charge in [0.1, 0.15) is 6.42 Å². The number of nitrogens with one attached hydrogen (secondary N) is 1. The van der Waals surface area contributed by atoms with Crippen LogP contribution in [0.1, 0.15) is 22.5 Å². The summed E-state index contributed by atoms with van der Waals surface area (Å²) in [5.41, 5.74) is 2.80. The van der Waals surface area contributed by atoms with E-state index in [1.807, 2.05) is 0 Å². The summed E-state index contributed by atoms with van der Waals surface area (Å²) in [6.07, 6.45) is 2.46. The van der Waals surface area contributed by atoms with E-state index in [0.717, 1.165) is 0 Å². The van der Waals surface area contributed by atoms with Crippen molar-refractivity contribution in [1.29, 1.82) is 5.26 Å². The van der Waals surface area contributed by atoms with Gasteiger partial charge in [0.05, 0.1) is 25.7 Å². The standard InChI is InChI=1S/C16H13N3O5/c1-22-14-9-11(10-18-19-15(20)6-7-17)4-5-12(14)24-16(21)13-3-2-8-23-13/h2-5,8-10H,6H2,1H3,(H,19,20)/b18-10-. The van der Waals surface area contributed by atoms with Gasteiger partial charge in [-0.05, 0) is 35.9 Å². The van der Waals surface area contributed by atoms with Gasteiger partial charge in [-0.2, -0.15) is 10.4 Å². The molecule has 0 spiro atoms. The van der Waals surface area contributed by atoms with E-state index >= 15 is 0 Å². The predicted molar refractivity (Wildman–Crippen MR) is 82.6 cm³/mol. The molecule has 0 atom stereocenters. The van der Waals surface area contributed by atoms with Crippen LogP contribution in [0.4, 0.5) is 0 Å². The van der Waals surface area contributed by atoms with E-state index in [-0.39, 0.29) is 17.9 Å². The molecular formula is C16H13N3O5. The fraction of sp³-hybridized carbons (Fsp3) is 0.125. The average Bonchev–Trinajstić information content (AvgIpc) is 3.11. The van der Waals surface area contributed by atoms with Gasteiger partial charge in [-0.1, -0.05) is 0 Å². The largest absolute Gasteiger partial charge is 0.493 e. The third-order valence-corrected chi connectivity index (χ3v) is 2.76. The molecule has 0 unspecified atom stereocenters. The first-order valence-electron chi connectivity index (χ1n) is 6.76. The van der Waals surface area contributed by atoms with Crippen LogP contribution >= 0.6 is 0 Å². The van der Waals surface area contributed by atoms with E-state index < -0.39 is 11.9 Å². The lowest BCUT2D eigenvalue weighted by Gasteiger charge is -2.08. The van der Waals surface area contributed by atoms with Crippen molar-refractivity contribution in [3.63, 3.8) is 0 Å². The smallest absolute Gasteiger partial charge is 0.379 e. The summed E-state index contributed by atoms with van der Waals surface area (Å²) in [6.45, 7) is 0. The van der Waals surface area contributed by atoms with E-state index in [4.69, 9.17) is 19.2 Å². The lowest BCUT2D eigenvalue weighted by Crippen LogP contribution is -2.16. The second-order valence-corrected chi connectivity index (χ2v) is 4.41. The summed E-state index contributed by atoms with van der Waals surface area (Å²) in [5.74, 6) is -0.567. The second kappa shape index (κ2) is 8.14. The zero-order chi connectivity index (χ0) is 17.4. The van der Waals surface area contributed by atoms with Gasteiger partial charge in [0, 0.05) is 0 Å². The van der Waals surface area contributed by atoms with Crippen molar-refractivity contribution in [2.75, 3.05) is 7.11 Å². The molecule has 1 aromatic carbocycles. The molecule has 2 aromatic rings. The van der Waals surface area contributed by atoms with Gasteiger partial charge in [-0.3, -0.25) is 4.79 Å². The highest BCUT2D eigenvalue weighted by molar-refractivity contribution is 5.89. The zero-order valence-corrected chi connectivity index (χ0v) is 12.7. The number of furan rings is 1. The number of carbonyl (C=O) groups is 2. The Hall–Kier alpha value is -3.60. The van der Waals surface area contributed by atoms with Crippen LogP contribution < -0.4 is 14.9 Å². The van der Waals surface area contributed by atoms with Gasteiger partial charge in [-0.25, -0.2) is 10.2 Å². The monoisotopic (exact) mass is 327 g/mol. The fourth-order valence-corrected chi connectivity index (χ4v) is 1.68. The molecule has 0 saturated heterocycles. The minimum atomic E-state index is -0.650. The topological polar surface area (TPSA) is 114 Å². The van der Waals surface area contributed by atoms with E-state index in [0.29, 0.717) is 11.3 Å². The number of methoxy groups -OCH3 is 1. The number of hydrogen-bond acceptors (Lipinski definition) is 7. The molecule has 0 saturated carbocycles. The summed E-state index contributed by atoms with van der Waals surface area (Å²) >= 11 is 0. The summed E-state index contributed by atoms with van der Waals surface area (Å²) in [7, 11) is 1.43. The number of rotatable bonds is 6. The van der Waals surface area contributed by atoms with Gasteiger partial charge >= 0.3 is 5.97 Å². The Kier molecular flexibility index (Phi) is 5.69. The highest BCUT2D eigenvalue weighted by Gasteiger charge is 2.14. The Labute approximate surface area is 137 Å². The Morgan fingerprint density at radius 2 is 2.21 bits per heavy atom. The van der Waals surface area contributed by atoms with Gasteiger partial charge in [0.25, 0.3) is 5.91 Å². The number of nitrogens with zero attached hydrogens (tertiary/aromatic N) is 2. The third-order valence-electron chi connectivity index (χ3n) is 2.76. The van der Waals surface area contributed by atoms with Gasteiger partial charge in [0.15, 0.2) is 11.5 Å². The molecule has 0 aliphatic heterocycles. The maximum absolute atomic E-state index is 11.9. The summed E-state index contributed by atoms with van der Waals surface area (Å²) in [5, 5.41) is 12.1. The first-order chi connectivity index (χ1) is 11.6. The van der Waals surface area contributed by atoms with E-state index in [1.54, 1.807) is 24.3 Å². The van der Waals surface area contributed by atoms with Gasteiger partial charge in [0.2, 0.25) is 5.76 Å². The van der Waals surface area contributed by atoms with Crippen molar-refractivity contribution >= 4 is 18.1 Å². The molecule has 122 valence electrons. The molecule has 24 heavy (non-hydrogen) atoms. The molecule has 8 heteroatoms. The fourth-order valence-electron chi connectivity index (χ4n) is 1.68. The molecular weight excluding hydrogens is 314 g/mol. The van der Waals surface area contributed by atoms with Crippen molar-refractivity contribution in [1.82, 2.24) is 5.43 Å². The van der Waals surface area contributed by atoms with Crippen LogP contribution in [0.25, 0.3) is 0 Å². The number of nitriles is 1. The highest BCUT2D eigenvalue weighted by atomic mass is 16.6. The van der Waals surface area contributed by atoms with E-state index in [2.05, 4.69) is 10.5 Å². The lowest BCUT2D eigenvalue weighted by molar-refractivity contribution is -0.120. The van der Waals surface area contributed by atoms with Crippen LogP contribution in [0.2, 0.25) is 0 Å². The summed E-state index contributed by atoms with van der Waals surface area (Å²) < 4.78 is 15.3. The Morgan fingerprint density at radius 1 is 1.38 bits per heavy atom. The molecule has 8 nitrogen and oxygen atoms in total. The SMILES string of the molecule is COc1cc(/C=N\NC(=O)CC#N)ccc1OC(=O)c1ccco1. The Balaban J connectivity index is 2.07. The maximum atomic E-state index is 11.9. The average molecular weight is 327 g/mol. The van der Waals surface area contributed by atoms with Gasteiger partial charge < -0.3 is 13.9 Å². The molecule has 2 rings (SSSR count). The van der Waals surface area contributed by atoms with Crippen molar-refractivity contribution in [3.05, 3.63) is 47.9 Å². The van der Waals surface area contributed by atoms with Gasteiger partial charge in [-0.15, -0.1) is 0 Å². The molecule has 0 bridgehead atoms. The number of ether oxygens (including phenoxy) is 2. The van der Waals surface area contributed by atoms with E-state index in [9.17, 15) is 9.59 Å². The number of hydrazone groups is 1. The second-order valence-electron chi connectivity index (χ2n) is 4.41. The molecule has 0 fully saturated rings. The molecule has 0 aliphatic rings. The quantitative estimate of drug-likeness (QED) is 0.375. The molecule has 0 radical (unpaired) electrons. The minimum absolute atomic E-state index is 0.0721. The molecule has 1 N–H and O–H groups in total. The first kappa shape index (κ1) is 16.8.